The van der Waals surface area contributed by atoms with Crippen LogP contribution in [0.1, 0.15) is 15.9 Å². The largest absolute Gasteiger partial charge is 0.483 e. The molecule has 3 rings (SSSR count). The van der Waals surface area contributed by atoms with E-state index in [1.807, 2.05) is 0 Å². The molecule has 0 saturated carbocycles. The second-order valence-electron chi connectivity index (χ2n) is 6.35. The van der Waals surface area contributed by atoms with Crippen molar-refractivity contribution in [3.8, 4) is 5.75 Å². The third-order valence-electron chi connectivity index (χ3n) is 4.01. The Morgan fingerprint density at radius 1 is 0.875 bits per heavy atom. The summed E-state index contributed by atoms with van der Waals surface area (Å²) in [6.07, 6.45) is 1.37. The van der Waals surface area contributed by atoms with E-state index in [-0.39, 0.29) is 6.61 Å². The number of benzene rings is 3. The molecule has 0 heterocycles. The van der Waals surface area contributed by atoms with Gasteiger partial charge in [-0.3, -0.25) is 9.59 Å². The predicted octanol–water partition coefficient (Wildman–Crippen LogP) is 6.08. The molecule has 32 heavy (non-hydrogen) atoms. The zero-order chi connectivity index (χ0) is 23.1. The van der Waals surface area contributed by atoms with Crippen LogP contribution < -0.4 is 15.5 Å². The highest BCUT2D eigenvalue weighted by Gasteiger charge is 2.09. The average molecular weight is 511 g/mol. The van der Waals surface area contributed by atoms with E-state index in [2.05, 4.69) is 15.8 Å². The van der Waals surface area contributed by atoms with E-state index < -0.39 is 11.8 Å². The zero-order valence-electron chi connectivity index (χ0n) is 16.2. The summed E-state index contributed by atoms with van der Waals surface area (Å²) >= 11 is 23.7. The van der Waals surface area contributed by atoms with Gasteiger partial charge in [0.1, 0.15) is 5.75 Å². The predicted molar refractivity (Wildman–Crippen MR) is 129 cm³/mol. The average Bonchev–Trinajstić information content (AvgIpc) is 2.76. The molecule has 0 radical (unpaired) electrons. The van der Waals surface area contributed by atoms with Crippen LogP contribution in [0.25, 0.3) is 0 Å². The molecule has 0 fully saturated rings. The minimum absolute atomic E-state index is 0.278. The molecule has 2 amide bonds. The quantitative estimate of drug-likeness (QED) is 0.298. The summed E-state index contributed by atoms with van der Waals surface area (Å²) in [6.45, 7) is -0.278. The topological polar surface area (TPSA) is 79.8 Å². The molecule has 6 nitrogen and oxygen atoms in total. The van der Waals surface area contributed by atoms with Crippen LogP contribution in [0.5, 0.6) is 5.75 Å². The molecule has 3 aromatic carbocycles. The standard InChI is InChI=1S/C22H15Cl4N3O3/c23-15-3-1-13(2-4-15)22(31)29-27-11-14-9-16(24)5-8-20(14)32-12-21(30)28-17-6-7-18(25)19(26)10-17/h1-11H,12H2,(H,28,30)(H,29,31)/b27-11+. The van der Waals surface area contributed by atoms with Crippen LogP contribution in [0.3, 0.4) is 0 Å². The van der Waals surface area contributed by atoms with Crippen molar-refractivity contribution in [2.45, 2.75) is 0 Å². The first-order valence-electron chi connectivity index (χ1n) is 9.08. The van der Waals surface area contributed by atoms with Gasteiger partial charge in [-0.15, -0.1) is 0 Å². The molecular formula is C22H15Cl4N3O3. The van der Waals surface area contributed by atoms with Crippen molar-refractivity contribution in [1.29, 1.82) is 0 Å². The van der Waals surface area contributed by atoms with Crippen LogP contribution in [0, 0.1) is 0 Å². The highest BCUT2D eigenvalue weighted by Crippen LogP contribution is 2.25. The lowest BCUT2D eigenvalue weighted by Gasteiger charge is -2.10. The minimum Gasteiger partial charge on any atom is -0.483 e. The Kier molecular flexibility index (Phi) is 8.36. The molecule has 0 atom stereocenters. The normalized spacial score (nSPS) is 10.8. The number of ether oxygens (including phenoxy) is 1. The molecule has 0 aliphatic rings. The fourth-order valence-electron chi connectivity index (χ4n) is 2.49. The third kappa shape index (κ3) is 6.87. The summed E-state index contributed by atoms with van der Waals surface area (Å²) in [5.74, 6) is -0.469. The summed E-state index contributed by atoms with van der Waals surface area (Å²) in [5.41, 5.74) is 3.75. The van der Waals surface area contributed by atoms with Crippen LogP contribution in [-0.4, -0.2) is 24.6 Å². The molecule has 0 saturated heterocycles. The monoisotopic (exact) mass is 509 g/mol. The van der Waals surface area contributed by atoms with Crippen LogP contribution >= 0.6 is 46.4 Å². The van der Waals surface area contributed by atoms with Gasteiger partial charge in [0, 0.05) is 26.9 Å². The van der Waals surface area contributed by atoms with Crippen LogP contribution in [-0.2, 0) is 4.79 Å². The fraction of sp³-hybridized carbons (Fsp3) is 0.0455. The fourth-order valence-corrected chi connectivity index (χ4v) is 3.10. The van der Waals surface area contributed by atoms with Gasteiger partial charge in [-0.1, -0.05) is 46.4 Å². The van der Waals surface area contributed by atoms with Crippen molar-refractivity contribution in [1.82, 2.24) is 5.43 Å². The summed E-state index contributed by atoms with van der Waals surface area (Å²) in [6, 6.07) is 15.9. The smallest absolute Gasteiger partial charge is 0.271 e. The molecule has 3 aromatic rings. The summed E-state index contributed by atoms with van der Waals surface area (Å²) < 4.78 is 5.59. The van der Waals surface area contributed by atoms with Crippen molar-refractivity contribution in [3.05, 3.63) is 91.9 Å². The molecule has 2 N–H and O–H groups in total. The first-order valence-corrected chi connectivity index (χ1v) is 10.6. The summed E-state index contributed by atoms with van der Waals surface area (Å²) in [5, 5.41) is 8.25. The SMILES string of the molecule is O=C(COc1ccc(Cl)cc1/C=N/NC(=O)c1ccc(Cl)cc1)Nc1ccc(Cl)c(Cl)c1. The number of hydrazone groups is 1. The number of nitrogens with zero attached hydrogens (tertiary/aromatic N) is 1. The maximum absolute atomic E-state index is 12.2. The van der Waals surface area contributed by atoms with Crippen LogP contribution in [0.2, 0.25) is 20.1 Å². The number of rotatable bonds is 7. The lowest BCUT2D eigenvalue weighted by molar-refractivity contribution is -0.118. The van der Waals surface area contributed by atoms with Crippen LogP contribution in [0.4, 0.5) is 5.69 Å². The lowest BCUT2D eigenvalue weighted by atomic mass is 10.2. The second kappa shape index (κ2) is 11.2. The Morgan fingerprint density at radius 3 is 2.31 bits per heavy atom. The zero-order valence-corrected chi connectivity index (χ0v) is 19.3. The Balaban J connectivity index is 1.62. The molecule has 0 aliphatic heterocycles. The molecular weight excluding hydrogens is 496 g/mol. The minimum atomic E-state index is -0.414. The van der Waals surface area contributed by atoms with E-state index in [4.69, 9.17) is 51.1 Å². The Bertz CT molecular complexity index is 1170. The van der Waals surface area contributed by atoms with Crippen molar-refractivity contribution in [3.63, 3.8) is 0 Å². The summed E-state index contributed by atoms with van der Waals surface area (Å²) in [7, 11) is 0. The van der Waals surface area contributed by atoms with Gasteiger partial charge in [0.25, 0.3) is 11.8 Å². The first kappa shape index (κ1) is 23.9. The Labute approximate surface area is 204 Å². The van der Waals surface area contributed by atoms with Crippen molar-refractivity contribution >= 4 is 70.1 Å². The van der Waals surface area contributed by atoms with Gasteiger partial charge in [-0.25, -0.2) is 5.43 Å². The maximum atomic E-state index is 12.2. The van der Waals surface area contributed by atoms with Gasteiger partial charge in [-0.05, 0) is 60.7 Å². The molecule has 164 valence electrons. The number of halogens is 4. The van der Waals surface area contributed by atoms with E-state index in [9.17, 15) is 9.59 Å². The van der Waals surface area contributed by atoms with E-state index in [1.165, 1.54) is 12.3 Å². The molecule has 0 aromatic heterocycles. The summed E-state index contributed by atoms with van der Waals surface area (Å²) in [4.78, 5) is 24.3. The van der Waals surface area contributed by atoms with Gasteiger partial charge < -0.3 is 10.1 Å². The Morgan fingerprint density at radius 2 is 1.59 bits per heavy atom. The number of hydrogen-bond donors (Lipinski definition) is 2. The van der Waals surface area contributed by atoms with Gasteiger partial charge in [0.05, 0.1) is 16.3 Å². The van der Waals surface area contributed by atoms with Crippen LogP contribution in [0.15, 0.2) is 65.8 Å². The molecule has 0 aliphatic carbocycles. The van der Waals surface area contributed by atoms with Crippen molar-refractivity contribution in [2.75, 3.05) is 11.9 Å². The van der Waals surface area contributed by atoms with Gasteiger partial charge in [-0.2, -0.15) is 5.10 Å². The van der Waals surface area contributed by atoms with E-state index in [1.54, 1.807) is 54.6 Å². The molecule has 10 heteroatoms. The van der Waals surface area contributed by atoms with Gasteiger partial charge in [0.15, 0.2) is 6.61 Å². The van der Waals surface area contributed by atoms with Gasteiger partial charge >= 0.3 is 0 Å². The third-order valence-corrected chi connectivity index (χ3v) is 5.24. The van der Waals surface area contributed by atoms with E-state index >= 15 is 0 Å². The molecule has 0 unspecified atom stereocenters. The number of anilines is 1. The molecule has 0 bridgehead atoms. The number of carbonyl (C=O) groups is 2. The number of amides is 2. The highest BCUT2D eigenvalue weighted by atomic mass is 35.5. The number of nitrogens with one attached hydrogen (secondary N) is 2. The maximum Gasteiger partial charge on any atom is 0.271 e. The molecule has 0 spiro atoms. The van der Waals surface area contributed by atoms with E-state index in [0.717, 1.165) is 0 Å². The lowest BCUT2D eigenvalue weighted by Crippen LogP contribution is -2.20. The first-order chi connectivity index (χ1) is 15.3. The number of carbonyl (C=O) groups excluding carboxylic acids is 2. The second-order valence-corrected chi connectivity index (χ2v) is 8.04. The Hall–Kier alpha value is -2.77. The number of hydrogen-bond acceptors (Lipinski definition) is 4. The van der Waals surface area contributed by atoms with E-state index in [0.29, 0.717) is 42.7 Å². The van der Waals surface area contributed by atoms with Crippen molar-refractivity contribution < 1.29 is 14.3 Å². The highest BCUT2D eigenvalue weighted by molar-refractivity contribution is 6.42. The van der Waals surface area contributed by atoms with Crippen molar-refractivity contribution in [2.24, 2.45) is 5.10 Å². The van der Waals surface area contributed by atoms with Gasteiger partial charge in [0.2, 0.25) is 0 Å².